The molecular formula is C27H32ClF6N7O3. The van der Waals surface area contributed by atoms with Gasteiger partial charge < -0.3 is 24.5 Å². The Morgan fingerprint density at radius 3 is 2.25 bits per heavy atom. The van der Waals surface area contributed by atoms with Crippen molar-refractivity contribution in [2.24, 2.45) is 0 Å². The second kappa shape index (κ2) is 14.1. The van der Waals surface area contributed by atoms with Gasteiger partial charge in [0.15, 0.2) is 11.3 Å². The smallest absolute Gasteiger partial charge is 0.490 e. The normalized spacial score (nSPS) is 16.5. The Balaban J connectivity index is 0.000000566. The van der Waals surface area contributed by atoms with Gasteiger partial charge in [-0.3, -0.25) is 5.10 Å². The zero-order valence-corrected chi connectivity index (χ0v) is 24.6. The quantitative estimate of drug-likeness (QED) is 0.251. The lowest BCUT2D eigenvalue weighted by Gasteiger charge is -2.37. The maximum absolute atomic E-state index is 13.5. The number of hydrogen-bond donors (Lipinski definition) is 2. The van der Waals surface area contributed by atoms with E-state index >= 15 is 0 Å². The fourth-order valence-electron chi connectivity index (χ4n) is 5.22. The maximum Gasteiger partial charge on any atom is 0.490 e. The van der Waals surface area contributed by atoms with Crippen molar-refractivity contribution >= 4 is 40.1 Å². The molecule has 2 fully saturated rings. The molecule has 10 nitrogen and oxygen atoms in total. The molecule has 17 heteroatoms. The number of piperazine rings is 1. The van der Waals surface area contributed by atoms with E-state index in [4.69, 9.17) is 26.2 Å². The molecule has 2 N–H and O–H groups in total. The first-order chi connectivity index (χ1) is 20.8. The van der Waals surface area contributed by atoms with Crippen LogP contribution in [0, 0.1) is 6.92 Å². The van der Waals surface area contributed by atoms with E-state index in [0.29, 0.717) is 37.8 Å². The van der Waals surface area contributed by atoms with Gasteiger partial charge in [-0.15, -0.1) is 0 Å². The summed E-state index contributed by atoms with van der Waals surface area (Å²) in [5.74, 6) is -1.74. The second-order valence-corrected chi connectivity index (χ2v) is 10.9. The fourth-order valence-corrected chi connectivity index (χ4v) is 5.42. The number of nitrogens with one attached hydrogen (secondary N) is 1. The molecule has 2 aromatic heterocycles. The summed E-state index contributed by atoms with van der Waals surface area (Å²) < 4.78 is 78.4. The summed E-state index contributed by atoms with van der Waals surface area (Å²) in [7, 11) is 0. The molecule has 0 aliphatic carbocycles. The van der Waals surface area contributed by atoms with Crippen molar-refractivity contribution in [1.82, 2.24) is 25.1 Å². The number of benzene rings is 1. The standard InChI is InChI=1S/C25H31ClF3N7O.C2HF3O2/c1-17-19(14-18(26)15-20(17)37-13-5-8-34-6-3-2-4-7-34)35-9-11-36(12-10-35)24-21-22(25(27,28)29)32-33-23(21)30-16-31-24;3-2(4,5)1(6)7/h14-16H,2-13H2,1H3,(H,30,31,32,33);(H,6,7). The van der Waals surface area contributed by atoms with Crippen molar-refractivity contribution in [1.29, 1.82) is 0 Å². The summed E-state index contributed by atoms with van der Waals surface area (Å²) in [5.41, 5.74) is 1.07. The van der Waals surface area contributed by atoms with Gasteiger partial charge in [0.05, 0.1) is 12.0 Å². The Labute approximate surface area is 253 Å². The van der Waals surface area contributed by atoms with E-state index in [2.05, 4.69) is 30.0 Å². The van der Waals surface area contributed by atoms with Gasteiger partial charge in [-0.25, -0.2) is 14.8 Å². The Morgan fingerprint density at radius 1 is 1.00 bits per heavy atom. The van der Waals surface area contributed by atoms with Crippen LogP contribution in [0.2, 0.25) is 5.02 Å². The Morgan fingerprint density at radius 2 is 1.64 bits per heavy atom. The largest absolute Gasteiger partial charge is 0.493 e. The summed E-state index contributed by atoms with van der Waals surface area (Å²) in [6.45, 7) is 8.21. The van der Waals surface area contributed by atoms with Crippen LogP contribution in [0.25, 0.3) is 11.0 Å². The van der Waals surface area contributed by atoms with Crippen molar-refractivity contribution < 1.29 is 41.0 Å². The van der Waals surface area contributed by atoms with E-state index in [-0.39, 0.29) is 16.9 Å². The number of nitrogens with zero attached hydrogens (tertiary/aromatic N) is 6. The predicted molar refractivity (Wildman–Crippen MR) is 151 cm³/mol. The summed E-state index contributed by atoms with van der Waals surface area (Å²) in [4.78, 5) is 23.5. The minimum atomic E-state index is -5.08. The van der Waals surface area contributed by atoms with Gasteiger partial charge in [0, 0.05) is 49.0 Å². The van der Waals surface area contributed by atoms with Crippen molar-refractivity contribution in [2.75, 3.05) is 62.2 Å². The molecule has 2 aliphatic heterocycles. The SMILES string of the molecule is Cc1c(OCCCN2CCCCC2)cc(Cl)cc1N1CCN(c2ncnc3[nH]nc(C(F)(F)F)c23)CC1.O=C(O)C(F)(F)F. The van der Waals surface area contributed by atoms with Crippen LogP contribution in [0.4, 0.5) is 37.8 Å². The Bertz CT molecular complexity index is 1420. The van der Waals surface area contributed by atoms with Crippen molar-refractivity contribution in [3.05, 3.63) is 34.7 Å². The van der Waals surface area contributed by atoms with Gasteiger partial charge in [-0.05, 0) is 51.4 Å². The van der Waals surface area contributed by atoms with Gasteiger partial charge in [0.2, 0.25) is 0 Å². The molecule has 44 heavy (non-hydrogen) atoms. The Kier molecular flexibility index (Phi) is 10.7. The van der Waals surface area contributed by atoms with E-state index < -0.39 is 24.0 Å². The highest BCUT2D eigenvalue weighted by atomic mass is 35.5. The summed E-state index contributed by atoms with van der Waals surface area (Å²) in [5, 5.41) is 13.5. The number of fused-ring (bicyclic) bond motifs is 1. The first-order valence-electron chi connectivity index (χ1n) is 14.0. The van der Waals surface area contributed by atoms with E-state index in [9.17, 15) is 26.3 Å². The number of carboxylic acid groups (broad SMARTS) is 1. The van der Waals surface area contributed by atoms with Crippen LogP contribution in [-0.4, -0.2) is 94.7 Å². The number of ether oxygens (including phenoxy) is 1. The maximum atomic E-state index is 13.5. The third-order valence-corrected chi connectivity index (χ3v) is 7.61. The molecule has 0 atom stereocenters. The third-order valence-electron chi connectivity index (χ3n) is 7.39. The van der Waals surface area contributed by atoms with Crippen LogP contribution in [0.1, 0.15) is 36.9 Å². The van der Waals surface area contributed by atoms with Crippen LogP contribution >= 0.6 is 11.6 Å². The fraction of sp³-hybridized carbons (Fsp3) is 0.556. The highest BCUT2D eigenvalue weighted by Crippen LogP contribution is 2.37. The predicted octanol–water partition coefficient (Wildman–Crippen LogP) is 5.55. The monoisotopic (exact) mass is 651 g/mol. The molecule has 4 heterocycles. The molecule has 0 spiro atoms. The van der Waals surface area contributed by atoms with Gasteiger partial charge in [-0.1, -0.05) is 18.0 Å². The molecule has 242 valence electrons. The number of carboxylic acids is 1. The number of aromatic amines is 1. The average molecular weight is 652 g/mol. The van der Waals surface area contributed by atoms with Gasteiger partial charge >= 0.3 is 18.3 Å². The molecular weight excluding hydrogens is 620 g/mol. The molecule has 5 rings (SSSR count). The van der Waals surface area contributed by atoms with E-state index in [1.807, 2.05) is 24.0 Å². The highest BCUT2D eigenvalue weighted by molar-refractivity contribution is 6.31. The minimum absolute atomic E-state index is 0.0764. The van der Waals surface area contributed by atoms with E-state index in [0.717, 1.165) is 30.0 Å². The molecule has 3 aromatic rings. The van der Waals surface area contributed by atoms with Crippen LogP contribution < -0.4 is 14.5 Å². The molecule has 0 amide bonds. The number of likely N-dealkylation sites (tertiary alicyclic amines) is 1. The molecule has 0 bridgehead atoms. The van der Waals surface area contributed by atoms with Crippen LogP contribution in [0.5, 0.6) is 5.75 Å². The van der Waals surface area contributed by atoms with Crippen molar-refractivity contribution in [3.8, 4) is 5.75 Å². The lowest BCUT2D eigenvalue weighted by atomic mass is 10.1. The topological polar surface area (TPSA) is 111 Å². The number of H-pyrrole nitrogens is 1. The number of hydrogen-bond acceptors (Lipinski definition) is 8. The number of carbonyl (C=O) groups is 1. The van der Waals surface area contributed by atoms with Crippen molar-refractivity contribution in [3.63, 3.8) is 0 Å². The van der Waals surface area contributed by atoms with Crippen LogP contribution in [0.3, 0.4) is 0 Å². The summed E-state index contributed by atoms with van der Waals surface area (Å²) in [6, 6.07) is 3.78. The lowest BCUT2D eigenvalue weighted by molar-refractivity contribution is -0.192. The number of alkyl halides is 6. The van der Waals surface area contributed by atoms with E-state index in [1.54, 1.807) is 0 Å². The Hall–Kier alpha value is -3.53. The number of aromatic nitrogens is 4. The molecule has 2 aliphatic rings. The number of aliphatic carboxylic acids is 1. The summed E-state index contributed by atoms with van der Waals surface area (Å²) in [6.07, 6.45) is -3.58. The van der Waals surface area contributed by atoms with Gasteiger partial charge in [0.1, 0.15) is 17.9 Å². The lowest BCUT2D eigenvalue weighted by Crippen LogP contribution is -2.47. The molecule has 1 aromatic carbocycles. The first kappa shape index (κ1) is 33.4. The second-order valence-electron chi connectivity index (χ2n) is 10.4. The molecule has 0 unspecified atom stereocenters. The third kappa shape index (κ3) is 8.34. The zero-order valence-electron chi connectivity index (χ0n) is 23.8. The number of piperidine rings is 1. The highest BCUT2D eigenvalue weighted by Gasteiger charge is 2.39. The van der Waals surface area contributed by atoms with E-state index in [1.165, 1.54) is 38.7 Å². The molecule has 2 saturated heterocycles. The number of anilines is 2. The minimum Gasteiger partial charge on any atom is -0.493 e. The zero-order chi connectivity index (χ0) is 32.1. The van der Waals surface area contributed by atoms with Crippen LogP contribution in [0.15, 0.2) is 18.5 Å². The van der Waals surface area contributed by atoms with Crippen molar-refractivity contribution in [2.45, 2.75) is 45.0 Å². The molecule has 0 radical (unpaired) electrons. The summed E-state index contributed by atoms with van der Waals surface area (Å²) >= 11 is 6.45. The number of halogens is 7. The van der Waals surface area contributed by atoms with Crippen LogP contribution in [-0.2, 0) is 11.0 Å². The van der Waals surface area contributed by atoms with Gasteiger partial charge in [0.25, 0.3) is 0 Å². The van der Waals surface area contributed by atoms with Gasteiger partial charge in [-0.2, -0.15) is 31.4 Å². The number of rotatable bonds is 7. The molecule has 0 saturated carbocycles. The average Bonchev–Trinajstić information content (AvgIpc) is 3.43. The first-order valence-corrected chi connectivity index (χ1v) is 14.3.